The Balaban J connectivity index is 1.75. The summed E-state index contributed by atoms with van der Waals surface area (Å²) in [5, 5.41) is 8.78. The zero-order valence-corrected chi connectivity index (χ0v) is 10.9. The number of likely N-dealkylation sites (tertiary alicyclic amines) is 1. The molecular weight excluding hydrogens is 224 g/mol. The van der Waals surface area contributed by atoms with Crippen LogP contribution in [0.1, 0.15) is 25.8 Å². The summed E-state index contributed by atoms with van der Waals surface area (Å²) in [6.45, 7) is 6.75. The van der Waals surface area contributed by atoms with Crippen molar-refractivity contribution >= 4 is 5.82 Å². The third-order valence-corrected chi connectivity index (χ3v) is 4.12. The fraction of sp³-hybridized carbons (Fsp3) is 0.571. The fourth-order valence-electron chi connectivity index (χ4n) is 3.23. The Morgan fingerprint density at radius 1 is 1.33 bits per heavy atom. The molecule has 0 spiro atoms. The molecule has 3 heterocycles. The van der Waals surface area contributed by atoms with Crippen LogP contribution in [0, 0.1) is 11.3 Å². The number of nitriles is 1. The minimum Gasteiger partial charge on any atom is -0.351 e. The molecule has 94 valence electrons. The molecule has 0 amide bonds. The van der Waals surface area contributed by atoms with Gasteiger partial charge in [-0.1, -0.05) is 0 Å². The monoisotopic (exact) mass is 242 g/mol. The highest BCUT2D eigenvalue weighted by molar-refractivity contribution is 5.45. The van der Waals surface area contributed by atoms with E-state index in [0.29, 0.717) is 23.7 Å². The number of pyridine rings is 1. The number of aromatic nitrogens is 1. The van der Waals surface area contributed by atoms with Gasteiger partial charge < -0.3 is 4.90 Å². The topological polar surface area (TPSA) is 43.2 Å². The maximum Gasteiger partial charge on any atom is 0.128 e. The van der Waals surface area contributed by atoms with Gasteiger partial charge in [0.25, 0.3) is 0 Å². The lowest BCUT2D eigenvalue weighted by atomic mass is 10.2. The highest BCUT2D eigenvalue weighted by Crippen LogP contribution is 2.34. The first kappa shape index (κ1) is 11.5. The van der Waals surface area contributed by atoms with Crippen molar-refractivity contribution in [2.75, 3.05) is 18.0 Å². The van der Waals surface area contributed by atoms with Crippen molar-refractivity contribution in [1.29, 1.82) is 5.26 Å². The molecule has 2 atom stereocenters. The van der Waals surface area contributed by atoms with E-state index < -0.39 is 0 Å². The van der Waals surface area contributed by atoms with Gasteiger partial charge in [-0.2, -0.15) is 5.26 Å². The molecule has 3 rings (SSSR count). The second kappa shape index (κ2) is 4.25. The highest BCUT2D eigenvalue weighted by atomic mass is 15.4. The van der Waals surface area contributed by atoms with Crippen molar-refractivity contribution in [3.8, 4) is 6.07 Å². The third kappa shape index (κ3) is 1.75. The molecule has 2 aliphatic heterocycles. The maximum atomic E-state index is 8.78. The smallest absolute Gasteiger partial charge is 0.128 e. The predicted octanol–water partition coefficient (Wildman–Crippen LogP) is 1.62. The van der Waals surface area contributed by atoms with Gasteiger partial charge in [-0.05, 0) is 32.4 Å². The Bertz CT molecular complexity index is 474. The van der Waals surface area contributed by atoms with Gasteiger partial charge in [-0.15, -0.1) is 0 Å². The first-order valence-electron chi connectivity index (χ1n) is 6.57. The zero-order valence-electron chi connectivity index (χ0n) is 10.9. The zero-order chi connectivity index (χ0) is 12.7. The molecule has 2 aliphatic rings. The maximum absolute atomic E-state index is 8.78. The molecule has 2 bridgehead atoms. The molecule has 1 aromatic heterocycles. The number of nitrogens with zero attached hydrogens (tertiary/aromatic N) is 4. The first-order valence-corrected chi connectivity index (χ1v) is 6.57. The van der Waals surface area contributed by atoms with Gasteiger partial charge >= 0.3 is 0 Å². The lowest BCUT2D eigenvalue weighted by molar-refractivity contribution is 0.191. The van der Waals surface area contributed by atoms with Crippen molar-refractivity contribution in [2.24, 2.45) is 0 Å². The van der Waals surface area contributed by atoms with E-state index in [1.54, 1.807) is 6.20 Å². The van der Waals surface area contributed by atoms with Gasteiger partial charge in [0.05, 0.1) is 5.56 Å². The van der Waals surface area contributed by atoms with E-state index in [1.807, 2.05) is 12.1 Å². The number of hydrogen-bond donors (Lipinski definition) is 0. The SMILES string of the molecule is CC(C)N1CC2CC1CN2c1ccc(C#N)cn1. The molecule has 4 nitrogen and oxygen atoms in total. The molecule has 0 radical (unpaired) electrons. The van der Waals surface area contributed by atoms with Crippen molar-refractivity contribution in [2.45, 2.75) is 38.4 Å². The van der Waals surface area contributed by atoms with Crippen molar-refractivity contribution < 1.29 is 0 Å². The average Bonchev–Trinajstić information content (AvgIpc) is 2.98. The van der Waals surface area contributed by atoms with Gasteiger partial charge in [-0.25, -0.2) is 4.98 Å². The summed E-state index contributed by atoms with van der Waals surface area (Å²) < 4.78 is 0. The molecule has 2 fully saturated rings. The average molecular weight is 242 g/mol. The number of anilines is 1. The summed E-state index contributed by atoms with van der Waals surface area (Å²) in [4.78, 5) is 9.39. The van der Waals surface area contributed by atoms with E-state index in [-0.39, 0.29) is 0 Å². The van der Waals surface area contributed by atoms with E-state index in [4.69, 9.17) is 5.26 Å². The lowest BCUT2D eigenvalue weighted by Gasteiger charge is -2.37. The summed E-state index contributed by atoms with van der Waals surface area (Å²) >= 11 is 0. The second-order valence-corrected chi connectivity index (χ2v) is 5.50. The van der Waals surface area contributed by atoms with Crippen molar-refractivity contribution in [1.82, 2.24) is 9.88 Å². The molecule has 0 aliphatic carbocycles. The van der Waals surface area contributed by atoms with E-state index in [9.17, 15) is 0 Å². The minimum absolute atomic E-state index is 0.595. The molecule has 18 heavy (non-hydrogen) atoms. The number of fused-ring (bicyclic) bond motifs is 2. The van der Waals surface area contributed by atoms with Crippen LogP contribution in [0.3, 0.4) is 0 Å². The molecule has 0 aromatic carbocycles. The molecule has 2 saturated heterocycles. The lowest BCUT2D eigenvalue weighted by Crippen LogP contribution is -2.49. The van der Waals surface area contributed by atoms with Crippen LogP contribution in [0.5, 0.6) is 0 Å². The van der Waals surface area contributed by atoms with Crippen molar-refractivity contribution in [3.05, 3.63) is 23.9 Å². The molecule has 2 unspecified atom stereocenters. The summed E-state index contributed by atoms with van der Waals surface area (Å²) in [5.74, 6) is 1.02. The van der Waals surface area contributed by atoms with Gasteiger partial charge in [0.15, 0.2) is 0 Å². The molecule has 0 saturated carbocycles. The highest BCUT2D eigenvalue weighted by Gasteiger charge is 2.44. The minimum atomic E-state index is 0.595. The van der Waals surface area contributed by atoms with Crippen LogP contribution in [-0.4, -0.2) is 41.1 Å². The number of hydrogen-bond acceptors (Lipinski definition) is 4. The van der Waals surface area contributed by atoms with Crippen LogP contribution in [0.25, 0.3) is 0 Å². The third-order valence-electron chi connectivity index (χ3n) is 4.12. The van der Waals surface area contributed by atoms with Crippen LogP contribution in [0.4, 0.5) is 5.82 Å². The standard InChI is InChI=1S/C14H18N4/c1-10(2)17-8-13-5-12(17)9-18(13)14-4-3-11(6-15)7-16-14/h3-4,7,10,12-13H,5,8-9H2,1-2H3. The first-order chi connectivity index (χ1) is 8.69. The fourth-order valence-corrected chi connectivity index (χ4v) is 3.23. The van der Waals surface area contributed by atoms with E-state index in [2.05, 4.69) is 34.7 Å². The molecule has 4 heteroatoms. The van der Waals surface area contributed by atoms with E-state index in [0.717, 1.165) is 18.9 Å². The Morgan fingerprint density at radius 2 is 2.17 bits per heavy atom. The Hall–Kier alpha value is -1.60. The molecule has 1 aromatic rings. The van der Waals surface area contributed by atoms with Crippen molar-refractivity contribution in [3.63, 3.8) is 0 Å². The second-order valence-electron chi connectivity index (χ2n) is 5.50. The Labute approximate surface area is 108 Å². The summed E-state index contributed by atoms with van der Waals surface area (Å²) in [5.41, 5.74) is 0.631. The van der Waals surface area contributed by atoms with E-state index >= 15 is 0 Å². The summed E-state index contributed by atoms with van der Waals surface area (Å²) in [7, 11) is 0. The van der Waals surface area contributed by atoms with Crippen LogP contribution in [-0.2, 0) is 0 Å². The van der Waals surface area contributed by atoms with Crippen LogP contribution < -0.4 is 4.90 Å². The van der Waals surface area contributed by atoms with E-state index in [1.165, 1.54) is 6.42 Å². The van der Waals surface area contributed by atoms with Gasteiger partial charge in [0, 0.05) is 37.4 Å². The normalized spacial score (nSPS) is 26.9. The van der Waals surface area contributed by atoms with Gasteiger partial charge in [0.1, 0.15) is 11.9 Å². The Kier molecular flexibility index (Phi) is 2.71. The van der Waals surface area contributed by atoms with Crippen LogP contribution >= 0.6 is 0 Å². The number of piperazine rings is 1. The predicted molar refractivity (Wildman–Crippen MR) is 70.3 cm³/mol. The van der Waals surface area contributed by atoms with Crippen LogP contribution in [0.2, 0.25) is 0 Å². The molecule has 0 N–H and O–H groups in total. The largest absolute Gasteiger partial charge is 0.351 e. The number of rotatable bonds is 2. The summed E-state index contributed by atoms with van der Waals surface area (Å²) in [6, 6.07) is 7.84. The Morgan fingerprint density at radius 3 is 2.67 bits per heavy atom. The van der Waals surface area contributed by atoms with Gasteiger partial charge in [0.2, 0.25) is 0 Å². The molecular formula is C14H18N4. The van der Waals surface area contributed by atoms with Gasteiger partial charge in [-0.3, -0.25) is 4.90 Å². The van der Waals surface area contributed by atoms with Crippen LogP contribution in [0.15, 0.2) is 18.3 Å². The summed E-state index contributed by atoms with van der Waals surface area (Å²) in [6.07, 6.45) is 2.92. The quantitative estimate of drug-likeness (QED) is 0.790.